The van der Waals surface area contributed by atoms with E-state index in [2.05, 4.69) is 9.47 Å². The molecule has 1 aliphatic heterocycles. The predicted octanol–water partition coefficient (Wildman–Crippen LogP) is 3.96. The van der Waals surface area contributed by atoms with Crippen molar-refractivity contribution in [1.29, 1.82) is 0 Å². The van der Waals surface area contributed by atoms with Gasteiger partial charge < -0.3 is 14.2 Å². The van der Waals surface area contributed by atoms with Crippen molar-refractivity contribution in [2.75, 3.05) is 24.7 Å². The molecule has 5 rings (SSSR count). The molecule has 0 radical (unpaired) electrons. The van der Waals surface area contributed by atoms with Crippen molar-refractivity contribution in [3.63, 3.8) is 0 Å². The van der Waals surface area contributed by atoms with E-state index in [4.69, 9.17) is 9.29 Å². The molecule has 5 aliphatic rings. The summed E-state index contributed by atoms with van der Waals surface area (Å²) in [5, 5.41) is -5.19. The fourth-order valence-corrected chi connectivity index (χ4v) is 10.6. The van der Waals surface area contributed by atoms with E-state index in [9.17, 15) is 57.9 Å². The Labute approximate surface area is 235 Å². The molecule has 4 saturated carbocycles. The van der Waals surface area contributed by atoms with Crippen LogP contribution in [0.15, 0.2) is 0 Å². The zero-order valence-corrected chi connectivity index (χ0v) is 23.0. The van der Waals surface area contributed by atoms with E-state index < -0.39 is 73.9 Å². The third-order valence-electron chi connectivity index (χ3n) is 7.83. The summed E-state index contributed by atoms with van der Waals surface area (Å²) in [5.41, 5.74) is -3.08. The van der Waals surface area contributed by atoms with Crippen molar-refractivity contribution in [3.8, 4) is 0 Å². The van der Waals surface area contributed by atoms with Crippen LogP contribution in [0.2, 0.25) is 0 Å². The molecule has 5 fully saturated rings. The number of esters is 3. The fraction of sp³-hybridized carbons (Fsp3) is 0.857. The highest BCUT2D eigenvalue weighted by Gasteiger charge is 2.67. The number of thioether (sulfide) groups is 2. The molecule has 1 heterocycles. The van der Waals surface area contributed by atoms with Gasteiger partial charge in [-0.1, -0.05) is 0 Å². The zero-order chi connectivity index (χ0) is 30.9. The van der Waals surface area contributed by atoms with Crippen molar-refractivity contribution in [2.45, 2.75) is 59.4 Å². The van der Waals surface area contributed by atoms with Crippen LogP contribution in [0.4, 0.5) is 35.1 Å². The average molecular weight is 667 g/mol. The highest BCUT2D eigenvalue weighted by atomic mass is 32.2. The SMILES string of the molecule is O=C(OCC1(COC(=O)C(F)(F)F)CSC2(SC1)C1CC3CC2CC(OC(=O)C(F)(F)S(=O)(=O)O)(C3)C1)C(F)(F)F. The Morgan fingerprint density at radius 3 is 1.61 bits per heavy atom. The molecule has 1 N–H and O–H groups in total. The molecular weight excluding hydrogens is 644 g/mol. The quantitative estimate of drug-likeness (QED) is 0.183. The molecule has 1 spiro atoms. The second-order valence-electron chi connectivity index (χ2n) is 10.9. The maximum absolute atomic E-state index is 13.9. The summed E-state index contributed by atoms with van der Waals surface area (Å²) in [5.74, 6) is -8.74. The molecule has 41 heavy (non-hydrogen) atoms. The standard InChI is InChI=1S/C21H22F8O9S3/c22-19(23,24)13(30)36-6-16(7-37-14(31)20(25,26)27)8-39-18(40-9-16)11-1-10-2-12(18)5-17(3-10,4-11)38-15(32)21(28,29)41(33,34)35/h10-12H,1-9H2,(H,33,34,35). The third-order valence-corrected chi connectivity index (χ3v) is 13.1. The van der Waals surface area contributed by atoms with Crippen molar-refractivity contribution in [1.82, 2.24) is 0 Å². The summed E-state index contributed by atoms with van der Waals surface area (Å²) in [6.07, 6.45) is -9.48. The van der Waals surface area contributed by atoms with Gasteiger partial charge in [0.2, 0.25) is 0 Å². The van der Waals surface area contributed by atoms with Gasteiger partial charge in [-0.3, -0.25) is 4.55 Å². The summed E-state index contributed by atoms with van der Waals surface area (Å²) in [6, 6.07) is 0. The molecule has 9 nitrogen and oxygen atoms in total. The lowest BCUT2D eigenvalue weighted by Gasteiger charge is -2.65. The van der Waals surface area contributed by atoms with Gasteiger partial charge in [-0.2, -0.15) is 43.5 Å². The maximum Gasteiger partial charge on any atom is 0.490 e. The maximum atomic E-state index is 13.9. The largest absolute Gasteiger partial charge is 0.490 e. The van der Waals surface area contributed by atoms with Crippen LogP contribution in [-0.2, 0) is 38.7 Å². The first-order valence-corrected chi connectivity index (χ1v) is 15.3. The lowest BCUT2D eigenvalue weighted by Crippen LogP contribution is -2.64. The summed E-state index contributed by atoms with van der Waals surface area (Å²) < 4.78 is 148. The summed E-state index contributed by atoms with van der Waals surface area (Å²) in [7, 11) is -6.10. The topological polar surface area (TPSA) is 133 Å². The van der Waals surface area contributed by atoms with Gasteiger partial charge in [0.05, 0.1) is 9.49 Å². The van der Waals surface area contributed by atoms with Crippen LogP contribution in [-0.4, -0.2) is 82.9 Å². The molecular formula is C21H22F8O9S3. The molecule has 2 unspecified atom stereocenters. The Morgan fingerprint density at radius 2 is 1.22 bits per heavy atom. The number of alkyl halides is 8. The number of ether oxygens (including phenoxy) is 3. The van der Waals surface area contributed by atoms with Gasteiger partial charge in [-0.25, -0.2) is 14.4 Å². The minimum atomic E-state index is -6.10. The first kappa shape index (κ1) is 32.4. The van der Waals surface area contributed by atoms with Crippen molar-refractivity contribution in [2.24, 2.45) is 23.2 Å². The van der Waals surface area contributed by atoms with E-state index in [0.717, 1.165) is 23.5 Å². The van der Waals surface area contributed by atoms with Crippen LogP contribution >= 0.6 is 23.5 Å². The van der Waals surface area contributed by atoms with Crippen LogP contribution in [0.3, 0.4) is 0 Å². The molecule has 2 atom stereocenters. The van der Waals surface area contributed by atoms with Crippen LogP contribution in [0.1, 0.15) is 32.1 Å². The van der Waals surface area contributed by atoms with Crippen LogP contribution in [0.5, 0.6) is 0 Å². The number of carbonyl (C=O) groups is 3. The second kappa shape index (κ2) is 10.3. The molecule has 234 valence electrons. The minimum absolute atomic E-state index is 0.0203. The van der Waals surface area contributed by atoms with Gasteiger partial charge in [0.1, 0.15) is 18.8 Å². The number of hydrogen-bond acceptors (Lipinski definition) is 10. The molecule has 1 saturated heterocycles. The second-order valence-corrected chi connectivity index (χ2v) is 15.1. The molecule has 0 aromatic carbocycles. The Hall–Kier alpha value is -1.54. The van der Waals surface area contributed by atoms with Gasteiger partial charge in [-0.15, -0.1) is 23.5 Å². The number of rotatable bonds is 7. The van der Waals surface area contributed by atoms with Crippen molar-refractivity contribution in [3.05, 3.63) is 0 Å². The lowest BCUT2D eigenvalue weighted by atomic mass is 9.53. The normalized spacial score (nSPS) is 30.6. The smallest absolute Gasteiger partial charge is 0.458 e. The van der Waals surface area contributed by atoms with E-state index in [1.54, 1.807) is 0 Å². The van der Waals surface area contributed by atoms with Gasteiger partial charge in [-0.05, 0) is 49.9 Å². The first-order chi connectivity index (χ1) is 18.5. The number of halogens is 8. The minimum Gasteiger partial charge on any atom is -0.458 e. The Balaban J connectivity index is 1.51. The van der Waals surface area contributed by atoms with Crippen LogP contribution < -0.4 is 0 Å². The van der Waals surface area contributed by atoms with Gasteiger partial charge >= 0.3 is 45.6 Å². The van der Waals surface area contributed by atoms with E-state index in [0.29, 0.717) is 12.8 Å². The van der Waals surface area contributed by atoms with Crippen LogP contribution in [0, 0.1) is 23.2 Å². The highest BCUT2D eigenvalue weighted by Crippen LogP contribution is 2.70. The molecule has 20 heteroatoms. The molecule has 0 aromatic rings. The third kappa shape index (κ3) is 6.11. The van der Waals surface area contributed by atoms with Gasteiger partial charge in [0, 0.05) is 11.5 Å². The van der Waals surface area contributed by atoms with E-state index in [-0.39, 0.29) is 48.5 Å². The van der Waals surface area contributed by atoms with Crippen molar-refractivity contribution < 1.29 is 76.7 Å². The fourth-order valence-electron chi connectivity index (χ4n) is 6.24. The Kier molecular flexibility index (Phi) is 8.12. The summed E-state index contributed by atoms with van der Waals surface area (Å²) in [6.45, 7) is -2.01. The zero-order valence-electron chi connectivity index (χ0n) is 20.6. The molecule has 4 bridgehead atoms. The van der Waals surface area contributed by atoms with E-state index >= 15 is 0 Å². The van der Waals surface area contributed by atoms with Crippen LogP contribution in [0.25, 0.3) is 0 Å². The molecule has 4 aliphatic carbocycles. The first-order valence-electron chi connectivity index (χ1n) is 11.9. The summed E-state index contributed by atoms with van der Waals surface area (Å²) in [4.78, 5) is 34.7. The monoisotopic (exact) mass is 666 g/mol. The average Bonchev–Trinajstić information content (AvgIpc) is 2.83. The molecule has 0 aromatic heterocycles. The van der Waals surface area contributed by atoms with Crippen molar-refractivity contribution >= 4 is 51.5 Å². The number of hydrogen-bond donors (Lipinski definition) is 1. The Bertz CT molecular complexity index is 1150. The predicted molar refractivity (Wildman–Crippen MR) is 123 cm³/mol. The number of carbonyl (C=O) groups excluding carboxylic acids is 3. The Morgan fingerprint density at radius 1 is 0.780 bits per heavy atom. The summed E-state index contributed by atoms with van der Waals surface area (Å²) >= 11 is 2.29. The highest BCUT2D eigenvalue weighted by molar-refractivity contribution is 8.18. The van der Waals surface area contributed by atoms with E-state index in [1.165, 1.54) is 0 Å². The van der Waals surface area contributed by atoms with Gasteiger partial charge in [0.15, 0.2) is 0 Å². The lowest BCUT2D eigenvalue weighted by molar-refractivity contribution is -0.208. The van der Waals surface area contributed by atoms with Gasteiger partial charge in [0.25, 0.3) is 0 Å². The molecule has 0 amide bonds. The van der Waals surface area contributed by atoms with E-state index in [1.807, 2.05) is 0 Å².